The normalized spacial score (nSPS) is 12.8. The summed E-state index contributed by atoms with van der Waals surface area (Å²) >= 11 is 7.85. The maximum Gasteiger partial charge on any atom is 0.130 e. The molecule has 2 heterocycles. The Morgan fingerprint density at radius 2 is 2.14 bits per heavy atom. The fourth-order valence-electron chi connectivity index (χ4n) is 2.41. The summed E-state index contributed by atoms with van der Waals surface area (Å²) in [6, 6.07) is 0.195. The average molecular weight is 328 g/mol. The highest BCUT2D eigenvalue weighted by Crippen LogP contribution is 2.29. The van der Waals surface area contributed by atoms with Gasteiger partial charge in [-0.1, -0.05) is 29.9 Å². The zero-order valence-corrected chi connectivity index (χ0v) is 14.6. The first kappa shape index (κ1) is 16.4. The van der Waals surface area contributed by atoms with Gasteiger partial charge in [-0.3, -0.25) is 4.68 Å². The Bertz CT molecular complexity index is 592. The number of nitrogens with one attached hydrogen (secondary N) is 1. The third kappa shape index (κ3) is 3.62. The lowest BCUT2D eigenvalue weighted by atomic mass is 10.0. The van der Waals surface area contributed by atoms with E-state index in [1.165, 1.54) is 16.4 Å². The van der Waals surface area contributed by atoms with Crippen LogP contribution in [0.25, 0.3) is 0 Å². The summed E-state index contributed by atoms with van der Waals surface area (Å²) in [5.74, 6) is 0. The van der Waals surface area contributed by atoms with E-state index >= 15 is 0 Å². The highest BCUT2D eigenvalue weighted by atomic mass is 35.5. The Labute approximate surface area is 134 Å². The Morgan fingerprint density at radius 3 is 2.71 bits per heavy atom. The van der Waals surface area contributed by atoms with E-state index < -0.39 is 0 Å². The largest absolute Gasteiger partial charge is 0.309 e. The number of nitrogens with zero attached hydrogens (tertiary/aromatic N) is 4. The van der Waals surface area contributed by atoms with Gasteiger partial charge in [0.1, 0.15) is 5.15 Å². The number of halogens is 1. The minimum absolute atomic E-state index is 0.195. The van der Waals surface area contributed by atoms with Crippen LogP contribution in [-0.2, 0) is 19.9 Å². The number of hydrogen-bond acceptors (Lipinski definition) is 5. The van der Waals surface area contributed by atoms with Crippen molar-refractivity contribution in [1.82, 2.24) is 24.7 Å². The van der Waals surface area contributed by atoms with Crippen LogP contribution in [0.15, 0.2) is 0 Å². The molecule has 21 heavy (non-hydrogen) atoms. The summed E-state index contributed by atoms with van der Waals surface area (Å²) in [6.45, 7) is 7.24. The average Bonchev–Trinajstić information content (AvgIpc) is 3.02. The Morgan fingerprint density at radius 1 is 1.38 bits per heavy atom. The van der Waals surface area contributed by atoms with Gasteiger partial charge < -0.3 is 5.32 Å². The van der Waals surface area contributed by atoms with E-state index in [1.807, 2.05) is 14.0 Å². The van der Waals surface area contributed by atoms with Crippen LogP contribution >= 0.6 is 23.1 Å². The number of aryl methyl sites for hydroxylation is 3. The molecule has 0 aliphatic carbocycles. The van der Waals surface area contributed by atoms with E-state index in [9.17, 15) is 0 Å². The van der Waals surface area contributed by atoms with Crippen LogP contribution in [0.2, 0.25) is 5.15 Å². The van der Waals surface area contributed by atoms with Crippen molar-refractivity contribution in [1.29, 1.82) is 0 Å². The molecule has 1 N–H and O–H groups in total. The SMILES string of the molecule is CCCNC(Cc1c(C)nn(C)c1Cl)c1snnc1CC. The van der Waals surface area contributed by atoms with Crippen LogP contribution < -0.4 is 5.32 Å². The lowest BCUT2D eigenvalue weighted by Gasteiger charge is -2.17. The monoisotopic (exact) mass is 327 g/mol. The molecule has 0 fully saturated rings. The Balaban J connectivity index is 2.28. The molecule has 2 rings (SSSR count). The second-order valence-corrected chi connectivity index (χ2v) is 6.27. The van der Waals surface area contributed by atoms with Gasteiger partial charge in [0.2, 0.25) is 0 Å². The second kappa shape index (κ2) is 7.33. The summed E-state index contributed by atoms with van der Waals surface area (Å²) in [4.78, 5) is 1.21. The van der Waals surface area contributed by atoms with E-state index in [4.69, 9.17) is 11.6 Å². The number of aromatic nitrogens is 4. The summed E-state index contributed by atoms with van der Waals surface area (Å²) in [5, 5.41) is 12.9. The maximum absolute atomic E-state index is 6.37. The van der Waals surface area contributed by atoms with E-state index in [2.05, 4.69) is 33.8 Å². The number of rotatable bonds is 7. The van der Waals surface area contributed by atoms with Crippen molar-refractivity contribution in [3.05, 3.63) is 27.0 Å². The van der Waals surface area contributed by atoms with Crippen molar-refractivity contribution in [3.8, 4) is 0 Å². The molecule has 7 heteroatoms. The molecular weight excluding hydrogens is 306 g/mol. The molecule has 0 radical (unpaired) electrons. The van der Waals surface area contributed by atoms with Gasteiger partial charge in [-0.15, -0.1) is 5.10 Å². The summed E-state index contributed by atoms with van der Waals surface area (Å²) < 4.78 is 5.84. The molecule has 0 aromatic carbocycles. The van der Waals surface area contributed by atoms with Gasteiger partial charge >= 0.3 is 0 Å². The van der Waals surface area contributed by atoms with Gasteiger partial charge in [0.05, 0.1) is 16.3 Å². The van der Waals surface area contributed by atoms with Crippen molar-refractivity contribution in [2.45, 2.75) is 46.1 Å². The second-order valence-electron chi connectivity index (χ2n) is 5.13. The van der Waals surface area contributed by atoms with Crippen molar-refractivity contribution in [2.24, 2.45) is 7.05 Å². The lowest BCUT2D eigenvalue weighted by molar-refractivity contribution is 0.531. The molecule has 5 nitrogen and oxygen atoms in total. The third-order valence-electron chi connectivity index (χ3n) is 3.56. The highest BCUT2D eigenvalue weighted by molar-refractivity contribution is 7.05. The predicted octanol–water partition coefficient (Wildman–Crippen LogP) is 3.08. The van der Waals surface area contributed by atoms with Gasteiger partial charge in [-0.25, -0.2) is 0 Å². The van der Waals surface area contributed by atoms with Gasteiger partial charge in [0.15, 0.2) is 0 Å². The third-order valence-corrected chi connectivity index (χ3v) is 4.91. The highest BCUT2D eigenvalue weighted by Gasteiger charge is 2.22. The summed E-state index contributed by atoms with van der Waals surface area (Å²) in [7, 11) is 1.87. The van der Waals surface area contributed by atoms with Crippen molar-refractivity contribution in [3.63, 3.8) is 0 Å². The molecule has 1 unspecified atom stereocenters. The van der Waals surface area contributed by atoms with Crippen LogP contribution in [0.1, 0.15) is 48.1 Å². The summed E-state index contributed by atoms with van der Waals surface area (Å²) in [5.41, 5.74) is 3.16. The maximum atomic E-state index is 6.37. The zero-order chi connectivity index (χ0) is 15.4. The Hall–Kier alpha value is -0.980. The molecule has 1 atom stereocenters. The van der Waals surface area contributed by atoms with Crippen molar-refractivity contribution >= 4 is 23.1 Å². The quantitative estimate of drug-likeness (QED) is 0.849. The lowest BCUT2D eigenvalue weighted by Crippen LogP contribution is -2.24. The minimum atomic E-state index is 0.195. The molecule has 0 aliphatic heterocycles. The summed E-state index contributed by atoms with van der Waals surface area (Å²) in [6.07, 6.45) is 2.80. The molecular formula is C14H22ClN5S. The number of hydrogen-bond donors (Lipinski definition) is 1. The first-order chi connectivity index (χ1) is 10.1. The van der Waals surface area contributed by atoms with E-state index in [1.54, 1.807) is 4.68 Å². The molecule has 2 aromatic rings. The molecule has 2 aromatic heterocycles. The molecule has 0 bridgehead atoms. The van der Waals surface area contributed by atoms with E-state index in [0.29, 0.717) is 5.15 Å². The molecule has 0 aliphatic rings. The fourth-order valence-corrected chi connectivity index (χ4v) is 3.47. The standard InChI is InChI=1S/C14H22ClN5S/c1-5-7-16-12(13-11(6-2)17-19-21-13)8-10-9(3)18-20(4)14(10)15/h12,16H,5-8H2,1-4H3. The molecule has 116 valence electrons. The van der Waals surface area contributed by atoms with E-state index in [0.717, 1.165) is 42.8 Å². The predicted molar refractivity (Wildman–Crippen MR) is 87.0 cm³/mol. The molecule has 0 amide bonds. The molecule has 0 saturated heterocycles. The van der Waals surface area contributed by atoms with Crippen LogP contribution in [0.4, 0.5) is 0 Å². The van der Waals surface area contributed by atoms with E-state index in [-0.39, 0.29) is 6.04 Å². The first-order valence-corrected chi connectivity index (χ1v) is 8.46. The topological polar surface area (TPSA) is 55.6 Å². The smallest absolute Gasteiger partial charge is 0.130 e. The van der Waals surface area contributed by atoms with Crippen LogP contribution in [-0.4, -0.2) is 25.9 Å². The van der Waals surface area contributed by atoms with Gasteiger partial charge in [-0.2, -0.15) is 5.10 Å². The van der Waals surface area contributed by atoms with Crippen LogP contribution in [0.3, 0.4) is 0 Å². The fraction of sp³-hybridized carbons (Fsp3) is 0.643. The van der Waals surface area contributed by atoms with Crippen molar-refractivity contribution < 1.29 is 0 Å². The van der Waals surface area contributed by atoms with Gasteiger partial charge in [0, 0.05) is 18.7 Å². The zero-order valence-electron chi connectivity index (χ0n) is 13.0. The van der Waals surface area contributed by atoms with Crippen LogP contribution in [0.5, 0.6) is 0 Å². The first-order valence-electron chi connectivity index (χ1n) is 7.30. The van der Waals surface area contributed by atoms with Crippen molar-refractivity contribution in [2.75, 3.05) is 6.54 Å². The van der Waals surface area contributed by atoms with Gasteiger partial charge in [0.25, 0.3) is 0 Å². The molecule has 0 spiro atoms. The minimum Gasteiger partial charge on any atom is -0.309 e. The van der Waals surface area contributed by atoms with Crippen LogP contribution in [0, 0.1) is 6.92 Å². The molecule has 0 saturated carbocycles. The van der Waals surface area contributed by atoms with Gasteiger partial charge in [-0.05, 0) is 44.3 Å². The Kier molecular flexibility index (Phi) is 5.72.